The zero-order valence-corrected chi connectivity index (χ0v) is 14.0. The molecule has 120 valence electrons. The molecule has 0 aromatic heterocycles. The van der Waals surface area contributed by atoms with Crippen LogP contribution in [0.2, 0.25) is 5.02 Å². The highest BCUT2D eigenvalue weighted by molar-refractivity contribution is 6.30. The maximum absolute atomic E-state index is 12.2. The van der Waals surface area contributed by atoms with E-state index in [-0.39, 0.29) is 12.5 Å². The molecule has 0 saturated carbocycles. The molecule has 0 bridgehead atoms. The lowest BCUT2D eigenvalue weighted by molar-refractivity contribution is -0.118. The summed E-state index contributed by atoms with van der Waals surface area (Å²) in [5.41, 5.74) is 4.46. The van der Waals surface area contributed by atoms with E-state index in [4.69, 9.17) is 16.3 Å². The third kappa shape index (κ3) is 3.85. The van der Waals surface area contributed by atoms with Crippen LogP contribution in [0.4, 0.5) is 5.69 Å². The van der Waals surface area contributed by atoms with Crippen LogP contribution in [0.3, 0.4) is 0 Å². The molecule has 1 aliphatic carbocycles. The SMILES string of the molecule is Cc1cc(Cl)ccc1OCC(=O)Nc1cccc2c1CCCC2. The van der Waals surface area contributed by atoms with E-state index in [1.165, 1.54) is 24.0 Å². The Bertz CT molecular complexity index is 727. The fourth-order valence-corrected chi connectivity index (χ4v) is 3.23. The van der Waals surface area contributed by atoms with E-state index >= 15 is 0 Å². The zero-order valence-electron chi connectivity index (χ0n) is 13.2. The first-order chi connectivity index (χ1) is 11.1. The number of carbonyl (C=O) groups is 1. The van der Waals surface area contributed by atoms with Crippen LogP contribution in [0, 0.1) is 6.92 Å². The van der Waals surface area contributed by atoms with Crippen molar-refractivity contribution in [2.75, 3.05) is 11.9 Å². The number of anilines is 1. The molecule has 1 N–H and O–H groups in total. The van der Waals surface area contributed by atoms with Gasteiger partial charge in [0.05, 0.1) is 0 Å². The number of benzene rings is 2. The number of hydrogen-bond donors (Lipinski definition) is 1. The lowest BCUT2D eigenvalue weighted by atomic mass is 9.90. The largest absolute Gasteiger partial charge is 0.483 e. The summed E-state index contributed by atoms with van der Waals surface area (Å²) < 4.78 is 5.60. The van der Waals surface area contributed by atoms with Gasteiger partial charge in [0, 0.05) is 10.7 Å². The number of amides is 1. The van der Waals surface area contributed by atoms with Crippen LogP contribution in [0.1, 0.15) is 29.5 Å². The van der Waals surface area contributed by atoms with E-state index in [9.17, 15) is 4.79 Å². The van der Waals surface area contributed by atoms with Gasteiger partial charge in [0.2, 0.25) is 0 Å². The number of rotatable bonds is 4. The van der Waals surface area contributed by atoms with Crippen molar-refractivity contribution in [2.45, 2.75) is 32.6 Å². The van der Waals surface area contributed by atoms with E-state index in [2.05, 4.69) is 11.4 Å². The number of ether oxygens (including phenoxy) is 1. The average Bonchev–Trinajstić information content (AvgIpc) is 2.54. The van der Waals surface area contributed by atoms with Crippen molar-refractivity contribution in [1.82, 2.24) is 0 Å². The third-order valence-corrected chi connectivity index (χ3v) is 4.40. The summed E-state index contributed by atoms with van der Waals surface area (Å²) in [6.45, 7) is 1.90. The quantitative estimate of drug-likeness (QED) is 0.894. The van der Waals surface area contributed by atoms with Gasteiger partial charge in [-0.05, 0) is 73.6 Å². The van der Waals surface area contributed by atoms with Crippen molar-refractivity contribution < 1.29 is 9.53 Å². The Morgan fingerprint density at radius 2 is 2.04 bits per heavy atom. The van der Waals surface area contributed by atoms with E-state index in [1.807, 2.05) is 25.1 Å². The Kier molecular flexibility index (Phi) is 4.87. The summed E-state index contributed by atoms with van der Waals surface area (Å²) >= 11 is 5.92. The Balaban J connectivity index is 1.64. The Morgan fingerprint density at radius 1 is 1.22 bits per heavy atom. The number of nitrogens with one attached hydrogen (secondary N) is 1. The summed E-state index contributed by atoms with van der Waals surface area (Å²) in [5.74, 6) is 0.540. The van der Waals surface area contributed by atoms with Gasteiger partial charge in [-0.1, -0.05) is 23.7 Å². The number of hydrogen-bond acceptors (Lipinski definition) is 2. The predicted octanol–water partition coefficient (Wildman–Crippen LogP) is 4.54. The van der Waals surface area contributed by atoms with E-state index < -0.39 is 0 Å². The lowest BCUT2D eigenvalue weighted by Gasteiger charge is -2.19. The molecule has 0 spiro atoms. The van der Waals surface area contributed by atoms with Crippen LogP contribution >= 0.6 is 11.6 Å². The number of fused-ring (bicyclic) bond motifs is 1. The van der Waals surface area contributed by atoms with Crippen LogP contribution in [-0.4, -0.2) is 12.5 Å². The van der Waals surface area contributed by atoms with E-state index in [0.29, 0.717) is 10.8 Å². The third-order valence-electron chi connectivity index (χ3n) is 4.17. The molecule has 0 heterocycles. The van der Waals surface area contributed by atoms with Crippen molar-refractivity contribution in [3.63, 3.8) is 0 Å². The minimum Gasteiger partial charge on any atom is -0.483 e. The van der Waals surface area contributed by atoms with Crippen molar-refractivity contribution in [3.8, 4) is 5.75 Å². The fraction of sp³-hybridized carbons (Fsp3) is 0.316. The highest BCUT2D eigenvalue weighted by atomic mass is 35.5. The first kappa shape index (κ1) is 15.9. The molecule has 0 radical (unpaired) electrons. The first-order valence-corrected chi connectivity index (χ1v) is 8.31. The van der Waals surface area contributed by atoms with Crippen molar-refractivity contribution in [1.29, 1.82) is 0 Å². The molecule has 3 nitrogen and oxygen atoms in total. The van der Waals surface area contributed by atoms with Crippen molar-refractivity contribution >= 4 is 23.2 Å². The Hall–Kier alpha value is -2.00. The van der Waals surface area contributed by atoms with E-state index in [0.717, 1.165) is 24.1 Å². The highest BCUT2D eigenvalue weighted by Gasteiger charge is 2.14. The Morgan fingerprint density at radius 3 is 2.87 bits per heavy atom. The molecule has 1 amide bonds. The van der Waals surface area contributed by atoms with Gasteiger partial charge < -0.3 is 10.1 Å². The summed E-state index contributed by atoms with van der Waals surface area (Å²) in [5, 5.41) is 3.64. The van der Waals surface area contributed by atoms with E-state index in [1.54, 1.807) is 12.1 Å². The number of halogens is 1. The first-order valence-electron chi connectivity index (χ1n) is 7.93. The fourth-order valence-electron chi connectivity index (χ4n) is 3.00. The van der Waals surface area contributed by atoms with Crippen LogP contribution in [-0.2, 0) is 17.6 Å². The Labute approximate surface area is 141 Å². The van der Waals surface area contributed by atoms with Crippen LogP contribution in [0.15, 0.2) is 36.4 Å². The van der Waals surface area contributed by atoms with Gasteiger partial charge >= 0.3 is 0 Å². The van der Waals surface area contributed by atoms with Crippen LogP contribution in [0.5, 0.6) is 5.75 Å². The maximum Gasteiger partial charge on any atom is 0.262 e. The number of aryl methyl sites for hydroxylation is 2. The zero-order chi connectivity index (χ0) is 16.2. The summed E-state index contributed by atoms with van der Waals surface area (Å²) in [6.07, 6.45) is 4.53. The molecule has 0 unspecified atom stereocenters. The molecular weight excluding hydrogens is 310 g/mol. The van der Waals surface area contributed by atoms with Gasteiger partial charge in [0.15, 0.2) is 6.61 Å². The van der Waals surface area contributed by atoms with Gasteiger partial charge in [-0.25, -0.2) is 0 Å². The molecule has 1 aliphatic rings. The van der Waals surface area contributed by atoms with Gasteiger partial charge in [-0.15, -0.1) is 0 Å². The van der Waals surface area contributed by atoms with Crippen molar-refractivity contribution in [2.24, 2.45) is 0 Å². The second kappa shape index (κ2) is 7.05. The molecule has 2 aromatic rings. The van der Waals surface area contributed by atoms with Gasteiger partial charge in [-0.2, -0.15) is 0 Å². The second-order valence-electron chi connectivity index (χ2n) is 5.90. The molecule has 4 heteroatoms. The standard InChI is InChI=1S/C19H20ClNO2/c1-13-11-15(20)9-10-18(13)23-12-19(22)21-17-8-4-6-14-5-2-3-7-16(14)17/h4,6,8-11H,2-3,5,7,12H2,1H3,(H,21,22). The van der Waals surface area contributed by atoms with Gasteiger partial charge in [-0.3, -0.25) is 4.79 Å². The van der Waals surface area contributed by atoms with Gasteiger partial charge in [0.1, 0.15) is 5.75 Å². The normalized spacial score (nSPS) is 13.3. The second-order valence-corrected chi connectivity index (χ2v) is 6.33. The highest BCUT2D eigenvalue weighted by Crippen LogP contribution is 2.28. The molecule has 0 atom stereocenters. The smallest absolute Gasteiger partial charge is 0.262 e. The molecule has 3 rings (SSSR count). The molecule has 2 aromatic carbocycles. The van der Waals surface area contributed by atoms with Crippen molar-refractivity contribution in [3.05, 3.63) is 58.1 Å². The lowest BCUT2D eigenvalue weighted by Crippen LogP contribution is -2.22. The monoisotopic (exact) mass is 329 g/mol. The van der Waals surface area contributed by atoms with Gasteiger partial charge in [0.25, 0.3) is 5.91 Å². The summed E-state index contributed by atoms with van der Waals surface area (Å²) in [4.78, 5) is 12.2. The molecule has 0 aliphatic heterocycles. The summed E-state index contributed by atoms with van der Waals surface area (Å²) in [6, 6.07) is 11.5. The maximum atomic E-state index is 12.2. The summed E-state index contributed by atoms with van der Waals surface area (Å²) in [7, 11) is 0. The molecule has 0 saturated heterocycles. The number of carbonyl (C=O) groups excluding carboxylic acids is 1. The molecular formula is C19H20ClNO2. The molecule has 0 fully saturated rings. The molecule has 23 heavy (non-hydrogen) atoms. The topological polar surface area (TPSA) is 38.3 Å². The minimum absolute atomic E-state index is 0.00780. The minimum atomic E-state index is -0.140. The van der Waals surface area contributed by atoms with Crippen LogP contribution < -0.4 is 10.1 Å². The average molecular weight is 330 g/mol. The van der Waals surface area contributed by atoms with Crippen LogP contribution in [0.25, 0.3) is 0 Å². The predicted molar refractivity (Wildman–Crippen MR) is 93.4 cm³/mol.